The molecule has 0 radical (unpaired) electrons. The molecule has 0 atom stereocenters. The van der Waals surface area contributed by atoms with Crippen LogP contribution in [0.25, 0.3) is 0 Å². The molecule has 1 saturated heterocycles. The molecule has 0 aromatic heterocycles. The third-order valence-electron chi connectivity index (χ3n) is 3.02. The number of amides is 1. The molecule has 1 heterocycles. The van der Waals surface area contributed by atoms with E-state index in [-0.39, 0.29) is 6.04 Å². The van der Waals surface area contributed by atoms with Crippen LogP contribution in [0.4, 0.5) is 4.79 Å². The zero-order valence-electron chi connectivity index (χ0n) is 6.97. The van der Waals surface area contributed by atoms with Crippen LogP contribution in [0, 0.1) is 5.41 Å². The molecule has 68 valence electrons. The second kappa shape index (κ2) is 2.62. The maximum absolute atomic E-state index is 10.3. The van der Waals surface area contributed by atoms with Gasteiger partial charge in [0.2, 0.25) is 0 Å². The lowest BCUT2D eigenvalue weighted by Crippen LogP contribution is -2.51. The standard InChI is InChI=1S/C8H14N2O2/c11-7(12)10-6-3-8(4-6)1-2-9-5-8/h6,9-10H,1-5H2,(H,11,12). The zero-order chi connectivity index (χ0) is 8.60. The van der Waals surface area contributed by atoms with Crippen molar-refractivity contribution in [1.82, 2.24) is 10.6 Å². The SMILES string of the molecule is O=C(O)NC1CC2(CCNC2)C1. The summed E-state index contributed by atoms with van der Waals surface area (Å²) in [6, 6.07) is 0.211. The summed E-state index contributed by atoms with van der Waals surface area (Å²) in [5.74, 6) is 0. The van der Waals surface area contributed by atoms with E-state index >= 15 is 0 Å². The van der Waals surface area contributed by atoms with Crippen LogP contribution in [-0.2, 0) is 0 Å². The second-order valence-corrected chi connectivity index (χ2v) is 3.98. The lowest BCUT2D eigenvalue weighted by molar-refractivity contribution is 0.1000. The summed E-state index contributed by atoms with van der Waals surface area (Å²) in [4.78, 5) is 10.3. The molecule has 1 saturated carbocycles. The van der Waals surface area contributed by atoms with Crippen molar-refractivity contribution in [1.29, 1.82) is 0 Å². The van der Waals surface area contributed by atoms with Crippen LogP contribution in [0.2, 0.25) is 0 Å². The van der Waals surface area contributed by atoms with E-state index in [2.05, 4.69) is 10.6 Å². The van der Waals surface area contributed by atoms with Gasteiger partial charge in [0.05, 0.1) is 0 Å². The Labute approximate surface area is 71.3 Å². The normalized spacial score (nSPS) is 39.5. The lowest BCUT2D eigenvalue weighted by Gasteiger charge is -2.44. The maximum atomic E-state index is 10.3. The Morgan fingerprint density at radius 1 is 1.58 bits per heavy atom. The number of hydrogen-bond donors (Lipinski definition) is 3. The Bertz CT molecular complexity index is 191. The van der Waals surface area contributed by atoms with Gasteiger partial charge < -0.3 is 15.7 Å². The van der Waals surface area contributed by atoms with Crippen LogP contribution in [0.3, 0.4) is 0 Å². The molecule has 0 unspecified atom stereocenters. The van der Waals surface area contributed by atoms with Gasteiger partial charge in [-0.25, -0.2) is 4.79 Å². The van der Waals surface area contributed by atoms with Crippen molar-refractivity contribution < 1.29 is 9.90 Å². The predicted octanol–water partition coefficient (Wildman–Crippen LogP) is 0.396. The Balaban J connectivity index is 1.79. The van der Waals surface area contributed by atoms with E-state index in [1.165, 1.54) is 6.42 Å². The van der Waals surface area contributed by atoms with E-state index in [1.54, 1.807) is 0 Å². The predicted molar refractivity (Wildman–Crippen MR) is 44.1 cm³/mol. The van der Waals surface area contributed by atoms with E-state index < -0.39 is 6.09 Å². The van der Waals surface area contributed by atoms with E-state index in [1.807, 2.05) is 0 Å². The fourth-order valence-corrected chi connectivity index (χ4v) is 2.41. The maximum Gasteiger partial charge on any atom is 0.404 e. The van der Waals surface area contributed by atoms with E-state index in [0.29, 0.717) is 5.41 Å². The van der Waals surface area contributed by atoms with Crippen LogP contribution in [-0.4, -0.2) is 30.3 Å². The van der Waals surface area contributed by atoms with Gasteiger partial charge in [0, 0.05) is 12.6 Å². The Morgan fingerprint density at radius 3 is 2.83 bits per heavy atom. The Morgan fingerprint density at radius 2 is 2.33 bits per heavy atom. The van der Waals surface area contributed by atoms with E-state index in [9.17, 15) is 4.79 Å². The highest BCUT2D eigenvalue weighted by molar-refractivity contribution is 5.65. The average Bonchev–Trinajstić information content (AvgIpc) is 2.33. The fraction of sp³-hybridized carbons (Fsp3) is 0.875. The number of carboxylic acid groups (broad SMARTS) is 1. The zero-order valence-corrected chi connectivity index (χ0v) is 6.97. The smallest absolute Gasteiger partial charge is 0.404 e. The molecule has 0 aromatic rings. The van der Waals surface area contributed by atoms with Crippen molar-refractivity contribution in [3.63, 3.8) is 0 Å². The molecule has 12 heavy (non-hydrogen) atoms. The molecule has 3 N–H and O–H groups in total. The van der Waals surface area contributed by atoms with Crippen molar-refractivity contribution in [2.75, 3.05) is 13.1 Å². The van der Waals surface area contributed by atoms with Gasteiger partial charge in [0.25, 0.3) is 0 Å². The van der Waals surface area contributed by atoms with E-state index in [4.69, 9.17) is 5.11 Å². The molecule has 1 amide bonds. The molecule has 2 fully saturated rings. The van der Waals surface area contributed by atoms with Crippen LogP contribution in [0.15, 0.2) is 0 Å². The quantitative estimate of drug-likeness (QED) is 0.533. The van der Waals surface area contributed by atoms with Crippen LogP contribution >= 0.6 is 0 Å². The summed E-state index contributed by atoms with van der Waals surface area (Å²) in [5, 5.41) is 14.3. The first kappa shape index (κ1) is 7.86. The Kier molecular flexibility index (Phi) is 1.72. The highest BCUT2D eigenvalue weighted by Gasteiger charge is 2.46. The molecule has 4 heteroatoms. The average molecular weight is 170 g/mol. The molecule has 2 rings (SSSR count). The van der Waals surface area contributed by atoms with Crippen molar-refractivity contribution >= 4 is 6.09 Å². The number of nitrogens with one attached hydrogen (secondary N) is 2. The van der Waals surface area contributed by atoms with Crippen molar-refractivity contribution in [2.45, 2.75) is 25.3 Å². The highest BCUT2D eigenvalue weighted by atomic mass is 16.4. The van der Waals surface area contributed by atoms with Gasteiger partial charge in [-0.3, -0.25) is 0 Å². The van der Waals surface area contributed by atoms with Gasteiger partial charge in [-0.2, -0.15) is 0 Å². The lowest BCUT2D eigenvalue weighted by atomic mass is 9.65. The summed E-state index contributed by atoms with van der Waals surface area (Å²) in [6.07, 6.45) is 2.37. The number of hydrogen-bond acceptors (Lipinski definition) is 2. The molecule has 0 bridgehead atoms. The van der Waals surface area contributed by atoms with Gasteiger partial charge in [-0.05, 0) is 31.2 Å². The summed E-state index contributed by atoms with van der Waals surface area (Å²) >= 11 is 0. The van der Waals surface area contributed by atoms with Crippen LogP contribution < -0.4 is 10.6 Å². The topological polar surface area (TPSA) is 61.4 Å². The Hall–Kier alpha value is -0.770. The number of rotatable bonds is 1. The summed E-state index contributed by atoms with van der Waals surface area (Å²) in [5.41, 5.74) is 0.438. The van der Waals surface area contributed by atoms with Crippen molar-refractivity contribution in [2.24, 2.45) is 5.41 Å². The van der Waals surface area contributed by atoms with Gasteiger partial charge in [0.1, 0.15) is 0 Å². The minimum absolute atomic E-state index is 0.211. The molecular weight excluding hydrogens is 156 g/mol. The molecule has 1 spiro atoms. The second-order valence-electron chi connectivity index (χ2n) is 3.98. The van der Waals surface area contributed by atoms with Crippen molar-refractivity contribution in [3.05, 3.63) is 0 Å². The largest absolute Gasteiger partial charge is 0.465 e. The monoisotopic (exact) mass is 170 g/mol. The first-order valence-corrected chi connectivity index (χ1v) is 4.40. The highest BCUT2D eigenvalue weighted by Crippen LogP contribution is 2.45. The minimum Gasteiger partial charge on any atom is -0.465 e. The first-order chi connectivity index (χ1) is 5.70. The molecule has 4 nitrogen and oxygen atoms in total. The third kappa shape index (κ3) is 1.27. The molecule has 2 aliphatic rings. The molecule has 0 aromatic carbocycles. The summed E-state index contributed by atoms with van der Waals surface area (Å²) in [7, 11) is 0. The molecule has 1 aliphatic heterocycles. The van der Waals surface area contributed by atoms with Crippen molar-refractivity contribution in [3.8, 4) is 0 Å². The van der Waals surface area contributed by atoms with Gasteiger partial charge in [-0.1, -0.05) is 0 Å². The summed E-state index contributed by atoms with van der Waals surface area (Å²) in [6.45, 7) is 2.17. The van der Waals surface area contributed by atoms with Crippen LogP contribution in [0.1, 0.15) is 19.3 Å². The minimum atomic E-state index is -0.888. The van der Waals surface area contributed by atoms with Gasteiger partial charge in [0.15, 0.2) is 0 Å². The fourth-order valence-electron chi connectivity index (χ4n) is 2.41. The molecular formula is C8H14N2O2. The number of carbonyl (C=O) groups is 1. The first-order valence-electron chi connectivity index (χ1n) is 4.40. The van der Waals surface area contributed by atoms with Gasteiger partial charge >= 0.3 is 6.09 Å². The van der Waals surface area contributed by atoms with E-state index in [0.717, 1.165) is 25.9 Å². The van der Waals surface area contributed by atoms with Gasteiger partial charge in [-0.15, -0.1) is 0 Å². The molecule has 1 aliphatic carbocycles. The summed E-state index contributed by atoms with van der Waals surface area (Å²) < 4.78 is 0. The van der Waals surface area contributed by atoms with Crippen LogP contribution in [0.5, 0.6) is 0 Å². The third-order valence-corrected chi connectivity index (χ3v) is 3.02.